The monoisotopic (exact) mass is 319 g/mol. The second kappa shape index (κ2) is 6.73. The molecule has 1 N–H and O–H groups in total. The van der Waals surface area contributed by atoms with Crippen LogP contribution in [0, 0.1) is 0 Å². The fourth-order valence-electron chi connectivity index (χ4n) is 2.09. The van der Waals surface area contributed by atoms with E-state index < -0.39 is 0 Å². The minimum absolute atomic E-state index is 0.0677. The minimum atomic E-state index is 0.0677. The Morgan fingerprint density at radius 3 is 2.53 bits per heavy atom. The average molecular weight is 320 g/mol. The van der Waals surface area contributed by atoms with Gasteiger partial charge in [-0.05, 0) is 24.1 Å². The second-order valence-corrected chi connectivity index (χ2v) is 5.50. The minimum Gasteiger partial charge on any atom is -0.392 e. The SMILES string of the molecule is CN(CCc1ccccc1)c1cc(Br)ccc1CO. The molecule has 100 valence electrons. The highest BCUT2D eigenvalue weighted by Gasteiger charge is 2.07. The van der Waals surface area contributed by atoms with Gasteiger partial charge in [0.25, 0.3) is 0 Å². The third-order valence-corrected chi connectivity index (χ3v) is 3.70. The van der Waals surface area contributed by atoms with E-state index in [9.17, 15) is 5.11 Å². The third kappa shape index (κ3) is 3.82. The lowest BCUT2D eigenvalue weighted by Gasteiger charge is -2.22. The molecule has 2 aromatic rings. The molecule has 0 aliphatic rings. The molecule has 0 heterocycles. The second-order valence-electron chi connectivity index (χ2n) is 4.59. The summed E-state index contributed by atoms with van der Waals surface area (Å²) in [6.45, 7) is 0.992. The van der Waals surface area contributed by atoms with Gasteiger partial charge >= 0.3 is 0 Å². The zero-order valence-electron chi connectivity index (χ0n) is 11.0. The Balaban J connectivity index is 2.07. The van der Waals surface area contributed by atoms with Crippen LogP contribution in [0.2, 0.25) is 0 Å². The number of rotatable bonds is 5. The molecule has 2 nitrogen and oxygen atoms in total. The van der Waals surface area contributed by atoms with Gasteiger partial charge in [-0.25, -0.2) is 0 Å². The molecule has 0 aliphatic carbocycles. The summed E-state index contributed by atoms with van der Waals surface area (Å²) in [6, 6.07) is 16.4. The summed E-state index contributed by atoms with van der Waals surface area (Å²) < 4.78 is 1.03. The van der Waals surface area contributed by atoms with Crippen molar-refractivity contribution >= 4 is 21.6 Å². The van der Waals surface area contributed by atoms with Crippen molar-refractivity contribution in [3.63, 3.8) is 0 Å². The lowest BCUT2D eigenvalue weighted by atomic mass is 10.1. The summed E-state index contributed by atoms with van der Waals surface area (Å²) in [7, 11) is 2.06. The van der Waals surface area contributed by atoms with Gasteiger partial charge in [0.05, 0.1) is 6.61 Å². The molecule has 0 radical (unpaired) electrons. The molecule has 2 aromatic carbocycles. The van der Waals surface area contributed by atoms with Crippen LogP contribution >= 0.6 is 15.9 Å². The van der Waals surface area contributed by atoms with Crippen LogP contribution in [0.4, 0.5) is 5.69 Å². The van der Waals surface area contributed by atoms with Crippen molar-refractivity contribution in [1.29, 1.82) is 0 Å². The largest absolute Gasteiger partial charge is 0.392 e. The Hall–Kier alpha value is -1.32. The smallest absolute Gasteiger partial charge is 0.0702 e. The highest BCUT2D eigenvalue weighted by Crippen LogP contribution is 2.24. The molecule has 0 aliphatic heterocycles. The first-order valence-electron chi connectivity index (χ1n) is 6.35. The first-order chi connectivity index (χ1) is 9.20. The Morgan fingerprint density at radius 2 is 1.84 bits per heavy atom. The Labute approximate surface area is 122 Å². The fraction of sp³-hybridized carbons (Fsp3) is 0.250. The van der Waals surface area contributed by atoms with Crippen molar-refractivity contribution in [1.82, 2.24) is 0 Å². The third-order valence-electron chi connectivity index (χ3n) is 3.21. The summed E-state index contributed by atoms with van der Waals surface area (Å²) in [5.74, 6) is 0. The summed E-state index contributed by atoms with van der Waals surface area (Å²) >= 11 is 3.48. The van der Waals surface area contributed by atoms with Crippen LogP contribution in [0.5, 0.6) is 0 Å². The van der Waals surface area contributed by atoms with Gasteiger partial charge in [0, 0.05) is 29.3 Å². The van der Waals surface area contributed by atoms with E-state index in [2.05, 4.69) is 58.2 Å². The van der Waals surface area contributed by atoms with Crippen molar-refractivity contribution in [2.24, 2.45) is 0 Å². The number of anilines is 1. The van der Waals surface area contributed by atoms with Gasteiger partial charge in [-0.3, -0.25) is 0 Å². The van der Waals surface area contributed by atoms with Gasteiger partial charge in [-0.2, -0.15) is 0 Å². The number of aliphatic hydroxyl groups excluding tert-OH is 1. The molecule has 3 heteroatoms. The molecular weight excluding hydrogens is 302 g/mol. The van der Waals surface area contributed by atoms with Crippen LogP contribution in [0.25, 0.3) is 0 Å². The predicted molar refractivity (Wildman–Crippen MR) is 83.5 cm³/mol. The summed E-state index contributed by atoms with van der Waals surface area (Å²) in [4.78, 5) is 2.18. The molecule has 2 rings (SSSR count). The van der Waals surface area contributed by atoms with E-state index in [0.29, 0.717) is 0 Å². The van der Waals surface area contributed by atoms with E-state index in [4.69, 9.17) is 0 Å². The van der Waals surface area contributed by atoms with Crippen LogP contribution in [0.3, 0.4) is 0 Å². The molecule has 0 amide bonds. The molecule has 0 atom stereocenters. The summed E-state index contributed by atoms with van der Waals surface area (Å²) in [5.41, 5.74) is 3.36. The number of hydrogen-bond donors (Lipinski definition) is 1. The van der Waals surface area contributed by atoms with E-state index >= 15 is 0 Å². The fourth-order valence-corrected chi connectivity index (χ4v) is 2.44. The lowest BCUT2D eigenvalue weighted by molar-refractivity contribution is 0.282. The van der Waals surface area contributed by atoms with Gasteiger partial charge in [0.15, 0.2) is 0 Å². The lowest BCUT2D eigenvalue weighted by Crippen LogP contribution is -2.21. The Bertz CT molecular complexity index is 528. The van der Waals surface area contributed by atoms with Crippen molar-refractivity contribution < 1.29 is 5.11 Å². The Kier molecular flexibility index (Phi) is 5.00. The number of aliphatic hydroxyl groups is 1. The number of benzene rings is 2. The van der Waals surface area contributed by atoms with E-state index in [0.717, 1.165) is 28.7 Å². The topological polar surface area (TPSA) is 23.5 Å². The highest BCUT2D eigenvalue weighted by atomic mass is 79.9. The van der Waals surface area contributed by atoms with Gasteiger partial charge in [-0.1, -0.05) is 52.3 Å². The number of halogens is 1. The maximum atomic E-state index is 9.40. The quantitative estimate of drug-likeness (QED) is 0.909. The number of likely N-dealkylation sites (N-methyl/N-ethyl adjacent to an activating group) is 1. The van der Waals surface area contributed by atoms with E-state index in [1.807, 2.05) is 18.2 Å². The van der Waals surface area contributed by atoms with Crippen LogP contribution in [-0.4, -0.2) is 18.7 Å². The van der Waals surface area contributed by atoms with Crippen molar-refractivity contribution in [3.8, 4) is 0 Å². The standard InChI is InChI=1S/C16H18BrNO/c1-18(10-9-13-5-3-2-4-6-13)16-11-15(17)8-7-14(16)12-19/h2-8,11,19H,9-10,12H2,1H3. The molecule has 0 saturated carbocycles. The number of nitrogens with zero attached hydrogens (tertiary/aromatic N) is 1. The number of hydrogen-bond acceptors (Lipinski definition) is 2. The first-order valence-corrected chi connectivity index (χ1v) is 7.14. The van der Waals surface area contributed by atoms with Crippen molar-refractivity contribution in [2.75, 3.05) is 18.5 Å². The molecule has 19 heavy (non-hydrogen) atoms. The maximum Gasteiger partial charge on any atom is 0.0702 e. The van der Waals surface area contributed by atoms with E-state index in [1.165, 1.54) is 5.56 Å². The average Bonchev–Trinajstić information content (AvgIpc) is 2.46. The van der Waals surface area contributed by atoms with Gasteiger partial charge in [0.2, 0.25) is 0 Å². The molecular formula is C16H18BrNO. The first kappa shape index (κ1) is 14.1. The molecule has 0 saturated heterocycles. The van der Waals surface area contributed by atoms with Gasteiger partial charge in [0.1, 0.15) is 0 Å². The summed E-state index contributed by atoms with van der Waals surface area (Å²) in [6.07, 6.45) is 0.995. The van der Waals surface area contributed by atoms with Crippen LogP contribution in [-0.2, 0) is 13.0 Å². The van der Waals surface area contributed by atoms with E-state index in [-0.39, 0.29) is 6.61 Å². The van der Waals surface area contributed by atoms with Crippen LogP contribution < -0.4 is 4.90 Å². The van der Waals surface area contributed by atoms with Crippen LogP contribution in [0.1, 0.15) is 11.1 Å². The Morgan fingerprint density at radius 1 is 1.11 bits per heavy atom. The molecule has 0 bridgehead atoms. The maximum absolute atomic E-state index is 9.40. The highest BCUT2D eigenvalue weighted by molar-refractivity contribution is 9.10. The zero-order valence-corrected chi connectivity index (χ0v) is 12.6. The van der Waals surface area contributed by atoms with Gasteiger partial charge in [-0.15, -0.1) is 0 Å². The molecule has 0 unspecified atom stereocenters. The predicted octanol–water partition coefficient (Wildman–Crippen LogP) is 3.62. The zero-order chi connectivity index (χ0) is 13.7. The van der Waals surface area contributed by atoms with Crippen LogP contribution in [0.15, 0.2) is 53.0 Å². The van der Waals surface area contributed by atoms with Gasteiger partial charge < -0.3 is 10.0 Å². The molecule has 0 fully saturated rings. The summed E-state index contributed by atoms with van der Waals surface area (Å²) in [5, 5.41) is 9.40. The normalized spacial score (nSPS) is 10.5. The molecule has 0 aromatic heterocycles. The van der Waals surface area contributed by atoms with Crippen molar-refractivity contribution in [2.45, 2.75) is 13.0 Å². The van der Waals surface area contributed by atoms with E-state index in [1.54, 1.807) is 0 Å². The van der Waals surface area contributed by atoms with Crippen molar-refractivity contribution in [3.05, 3.63) is 64.1 Å². The molecule has 0 spiro atoms.